The molecule has 0 radical (unpaired) electrons. The number of hydrogen-bond donors (Lipinski definition) is 1. The van der Waals surface area contributed by atoms with Crippen LogP contribution in [-0.2, 0) is 9.53 Å². The van der Waals surface area contributed by atoms with Crippen molar-refractivity contribution in [2.45, 2.75) is 6.04 Å². The van der Waals surface area contributed by atoms with E-state index in [4.69, 9.17) is 16.3 Å². The molecule has 1 amide bonds. The molecule has 4 aromatic rings. The predicted octanol–water partition coefficient (Wildman–Crippen LogP) is 5.76. The van der Waals surface area contributed by atoms with Gasteiger partial charge in [-0.15, -0.1) is 11.3 Å². The second-order valence-electron chi connectivity index (χ2n) is 6.78. The van der Waals surface area contributed by atoms with Crippen molar-refractivity contribution < 1.29 is 18.7 Å². The Morgan fingerprint density at radius 3 is 2.19 bits per heavy atom. The van der Waals surface area contributed by atoms with Crippen molar-refractivity contribution in [2.75, 3.05) is 6.61 Å². The SMILES string of the molecule is O=C(COC(=O)c1sc2cc(F)ccc2c1Cl)NC(c1ccccc1)c1ccccc1. The first-order valence-corrected chi connectivity index (χ1v) is 10.7. The zero-order chi connectivity index (χ0) is 21.8. The van der Waals surface area contributed by atoms with Crippen LogP contribution in [0.4, 0.5) is 4.39 Å². The van der Waals surface area contributed by atoms with Crippen LogP contribution < -0.4 is 5.32 Å². The molecule has 0 unspecified atom stereocenters. The first-order valence-electron chi connectivity index (χ1n) is 9.47. The highest BCUT2D eigenvalue weighted by atomic mass is 35.5. The molecule has 0 spiro atoms. The van der Waals surface area contributed by atoms with Crippen LogP contribution in [0.3, 0.4) is 0 Å². The largest absolute Gasteiger partial charge is 0.451 e. The third-order valence-electron chi connectivity index (χ3n) is 4.68. The number of ether oxygens (including phenoxy) is 1. The minimum Gasteiger partial charge on any atom is -0.451 e. The molecule has 1 heterocycles. The van der Waals surface area contributed by atoms with Crippen LogP contribution in [0.2, 0.25) is 5.02 Å². The Kier molecular flexibility index (Phi) is 6.30. The Labute approximate surface area is 187 Å². The summed E-state index contributed by atoms with van der Waals surface area (Å²) >= 11 is 7.28. The topological polar surface area (TPSA) is 55.4 Å². The molecule has 0 bridgehead atoms. The van der Waals surface area contributed by atoms with Crippen LogP contribution in [-0.4, -0.2) is 18.5 Å². The molecule has 0 atom stereocenters. The second-order valence-corrected chi connectivity index (χ2v) is 8.21. The molecule has 0 aliphatic rings. The summed E-state index contributed by atoms with van der Waals surface area (Å²) in [5.74, 6) is -1.59. The van der Waals surface area contributed by atoms with Crippen molar-refractivity contribution in [3.8, 4) is 0 Å². The molecule has 0 aliphatic heterocycles. The molecular formula is C24H17ClFNO3S. The van der Waals surface area contributed by atoms with E-state index in [1.807, 2.05) is 60.7 Å². The first kappa shape index (κ1) is 21.0. The molecule has 31 heavy (non-hydrogen) atoms. The number of carbonyl (C=O) groups is 2. The highest BCUT2D eigenvalue weighted by Gasteiger charge is 2.21. The van der Waals surface area contributed by atoms with Gasteiger partial charge in [-0.25, -0.2) is 9.18 Å². The van der Waals surface area contributed by atoms with E-state index in [-0.39, 0.29) is 15.9 Å². The summed E-state index contributed by atoms with van der Waals surface area (Å²) < 4.78 is 19.1. The molecule has 7 heteroatoms. The molecule has 0 fully saturated rings. The van der Waals surface area contributed by atoms with Gasteiger partial charge in [0.1, 0.15) is 10.7 Å². The van der Waals surface area contributed by atoms with Crippen LogP contribution >= 0.6 is 22.9 Å². The van der Waals surface area contributed by atoms with Gasteiger partial charge in [0.2, 0.25) is 0 Å². The van der Waals surface area contributed by atoms with E-state index in [1.54, 1.807) is 0 Å². The lowest BCUT2D eigenvalue weighted by Crippen LogP contribution is -2.33. The van der Waals surface area contributed by atoms with Gasteiger partial charge in [-0.2, -0.15) is 0 Å². The monoisotopic (exact) mass is 453 g/mol. The normalized spacial score (nSPS) is 10.9. The third-order valence-corrected chi connectivity index (χ3v) is 6.32. The highest BCUT2D eigenvalue weighted by Crippen LogP contribution is 2.36. The Bertz CT molecular complexity index is 1190. The van der Waals surface area contributed by atoms with Crippen molar-refractivity contribution >= 4 is 44.9 Å². The fourth-order valence-corrected chi connectivity index (χ4v) is 4.65. The molecule has 0 saturated heterocycles. The van der Waals surface area contributed by atoms with Gasteiger partial charge < -0.3 is 10.1 Å². The Morgan fingerprint density at radius 2 is 1.58 bits per heavy atom. The Morgan fingerprint density at radius 1 is 0.968 bits per heavy atom. The van der Waals surface area contributed by atoms with E-state index in [9.17, 15) is 14.0 Å². The molecule has 1 aromatic heterocycles. The minimum absolute atomic E-state index is 0.137. The quantitative estimate of drug-likeness (QED) is 0.378. The van der Waals surface area contributed by atoms with Crippen molar-refractivity contribution in [1.82, 2.24) is 5.32 Å². The van der Waals surface area contributed by atoms with Crippen molar-refractivity contribution in [3.63, 3.8) is 0 Å². The summed E-state index contributed by atoms with van der Waals surface area (Å²) in [5.41, 5.74) is 1.81. The van der Waals surface area contributed by atoms with Gasteiger partial charge in [0.15, 0.2) is 6.61 Å². The fraction of sp³-hybridized carbons (Fsp3) is 0.0833. The van der Waals surface area contributed by atoms with E-state index in [2.05, 4.69) is 5.32 Å². The maximum absolute atomic E-state index is 13.4. The summed E-state index contributed by atoms with van der Waals surface area (Å²) in [6.07, 6.45) is 0. The molecule has 4 rings (SSSR count). The predicted molar refractivity (Wildman–Crippen MR) is 120 cm³/mol. The second kappa shape index (κ2) is 9.29. The number of benzene rings is 3. The van der Waals surface area contributed by atoms with Crippen molar-refractivity contribution in [1.29, 1.82) is 0 Å². The number of amides is 1. The smallest absolute Gasteiger partial charge is 0.350 e. The lowest BCUT2D eigenvalue weighted by Gasteiger charge is -2.19. The molecule has 3 aromatic carbocycles. The van der Waals surface area contributed by atoms with E-state index in [0.29, 0.717) is 10.1 Å². The van der Waals surface area contributed by atoms with Crippen LogP contribution in [0.5, 0.6) is 0 Å². The molecule has 1 N–H and O–H groups in total. The van der Waals surface area contributed by atoms with Crippen LogP contribution in [0, 0.1) is 5.82 Å². The van der Waals surface area contributed by atoms with Crippen LogP contribution in [0.25, 0.3) is 10.1 Å². The number of carbonyl (C=O) groups excluding carboxylic acids is 2. The van der Waals surface area contributed by atoms with Crippen molar-refractivity contribution in [2.24, 2.45) is 0 Å². The third kappa shape index (κ3) is 4.76. The van der Waals surface area contributed by atoms with Gasteiger partial charge in [0, 0.05) is 10.1 Å². The number of halogens is 2. The van der Waals surface area contributed by atoms with Gasteiger partial charge in [-0.1, -0.05) is 72.3 Å². The van der Waals surface area contributed by atoms with Gasteiger partial charge in [0.25, 0.3) is 5.91 Å². The van der Waals surface area contributed by atoms with Gasteiger partial charge in [-0.05, 0) is 29.3 Å². The van der Waals surface area contributed by atoms with Gasteiger partial charge in [-0.3, -0.25) is 4.79 Å². The lowest BCUT2D eigenvalue weighted by atomic mass is 9.99. The highest BCUT2D eigenvalue weighted by molar-refractivity contribution is 7.21. The number of fused-ring (bicyclic) bond motifs is 1. The Hall–Kier alpha value is -3.22. The summed E-state index contributed by atoms with van der Waals surface area (Å²) in [4.78, 5) is 25.2. The van der Waals surface area contributed by atoms with E-state index >= 15 is 0 Å². The zero-order valence-corrected chi connectivity index (χ0v) is 17.8. The molecule has 0 saturated carbocycles. The first-order chi connectivity index (χ1) is 15.0. The minimum atomic E-state index is -0.724. The van der Waals surface area contributed by atoms with Crippen molar-refractivity contribution in [3.05, 3.63) is 106 Å². The summed E-state index contributed by atoms with van der Waals surface area (Å²) in [6.45, 7) is -0.464. The Balaban J connectivity index is 1.46. The average Bonchev–Trinajstić information content (AvgIpc) is 3.12. The fourth-order valence-electron chi connectivity index (χ4n) is 3.22. The summed E-state index contributed by atoms with van der Waals surface area (Å²) in [5, 5.41) is 3.67. The van der Waals surface area contributed by atoms with Crippen LogP contribution in [0.1, 0.15) is 26.8 Å². The maximum Gasteiger partial charge on any atom is 0.350 e. The maximum atomic E-state index is 13.4. The van der Waals surface area contributed by atoms with Gasteiger partial charge in [0.05, 0.1) is 11.1 Å². The van der Waals surface area contributed by atoms with E-state index < -0.39 is 24.3 Å². The number of thiophene rings is 1. The molecule has 156 valence electrons. The summed E-state index contributed by atoms with van der Waals surface area (Å²) in [6, 6.07) is 22.7. The van der Waals surface area contributed by atoms with E-state index in [1.165, 1.54) is 18.2 Å². The number of rotatable bonds is 6. The zero-order valence-electron chi connectivity index (χ0n) is 16.2. The molecule has 4 nitrogen and oxygen atoms in total. The van der Waals surface area contributed by atoms with E-state index in [0.717, 1.165) is 22.5 Å². The van der Waals surface area contributed by atoms with Crippen LogP contribution in [0.15, 0.2) is 78.9 Å². The summed E-state index contributed by atoms with van der Waals surface area (Å²) in [7, 11) is 0. The number of esters is 1. The number of nitrogens with one attached hydrogen (secondary N) is 1. The van der Waals surface area contributed by atoms with Gasteiger partial charge >= 0.3 is 5.97 Å². The standard InChI is InChI=1S/C24H17ClFNO3S/c25-21-18-12-11-17(26)13-19(18)31-23(21)24(29)30-14-20(28)27-22(15-7-3-1-4-8-15)16-9-5-2-6-10-16/h1-13,22H,14H2,(H,27,28). The molecular weight excluding hydrogens is 437 g/mol. The lowest BCUT2D eigenvalue weighted by molar-refractivity contribution is -0.124. The average molecular weight is 454 g/mol. The number of hydrogen-bond acceptors (Lipinski definition) is 4. The molecule has 0 aliphatic carbocycles.